The van der Waals surface area contributed by atoms with E-state index >= 15 is 0 Å². The number of aromatic nitrogens is 1. The molecule has 0 spiro atoms. The monoisotopic (exact) mass is 283 g/mol. The summed E-state index contributed by atoms with van der Waals surface area (Å²) in [6.07, 6.45) is 4.42. The Morgan fingerprint density at radius 1 is 1.32 bits per heavy atom. The van der Waals surface area contributed by atoms with Crippen molar-refractivity contribution in [2.45, 2.75) is 50.2 Å². The molecule has 0 radical (unpaired) electrons. The number of pyridine rings is 1. The van der Waals surface area contributed by atoms with Gasteiger partial charge >= 0.3 is 0 Å². The lowest BCUT2D eigenvalue weighted by Gasteiger charge is -2.37. The first kappa shape index (κ1) is 14.3. The van der Waals surface area contributed by atoms with Gasteiger partial charge in [-0.25, -0.2) is 13.4 Å². The van der Waals surface area contributed by atoms with Crippen LogP contribution in [0.2, 0.25) is 0 Å². The standard InChI is InChI=1S/C13H21N3O2S/c1-10-6-4-7-11(2)16(10)19(17,18)13-12(14-3)8-5-9-15-13/h5,8-11,14H,4,6-7H2,1-3H3/t10-,11+. The summed E-state index contributed by atoms with van der Waals surface area (Å²) in [6, 6.07) is 3.52. The van der Waals surface area contributed by atoms with Crippen LogP contribution in [0.15, 0.2) is 23.4 Å². The Labute approximate surface area is 115 Å². The van der Waals surface area contributed by atoms with Gasteiger partial charge in [0.2, 0.25) is 0 Å². The topological polar surface area (TPSA) is 62.3 Å². The highest BCUT2D eigenvalue weighted by Crippen LogP contribution is 2.31. The van der Waals surface area contributed by atoms with E-state index < -0.39 is 10.0 Å². The van der Waals surface area contributed by atoms with E-state index in [0.29, 0.717) is 5.69 Å². The number of hydrogen-bond donors (Lipinski definition) is 1. The van der Waals surface area contributed by atoms with E-state index in [4.69, 9.17) is 0 Å². The number of nitrogens with one attached hydrogen (secondary N) is 1. The van der Waals surface area contributed by atoms with Crippen LogP contribution in [-0.2, 0) is 10.0 Å². The zero-order chi connectivity index (χ0) is 14.0. The summed E-state index contributed by atoms with van der Waals surface area (Å²) in [5, 5.41) is 3.03. The molecule has 1 aromatic heterocycles. The van der Waals surface area contributed by atoms with Gasteiger partial charge in [-0.05, 0) is 38.8 Å². The first-order valence-electron chi connectivity index (χ1n) is 6.64. The fourth-order valence-corrected chi connectivity index (χ4v) is 4.76. The van der Waals surface area contributed by atoms with Gasteiger partial charge in [0.05, 0.1) is 5.69 Å². The minimum Gasteiger partial charge on any atom is -0.386 e. The normalized spacial score (nSPS) is 25.2. The van der Waals surface area contributed by atoms with Crippen LogP contribution in [0.4, 0.5) is 5.69 Å². The van der Waals surface area contributed by atoms with Crippen LogP contribution in [0.1, 0.15) is 33.1 Å². The first-order valence-corrected chi connectivity index (χ1v) is 8.08. The average molecular weight is 283 g/mol. The summed E-state index contributed by atoms with van der Waals surface area (Å²) in [4.78, 5) is 4.07. The minimum atomic E-state index is -3.54. The van der Waals surface area contributed by atoms with Crippen LogP contribution in [-0.4, -0.2) is 36.8 Å². The molecule has 0 aliphatic carbocycles. The number of rotatable bonds is 3. The van der Waals surface area contributed by atoms with Crippen LogP contribution in [0, 0.1) is 0 Å². The van der Waals surface area contributed by atoms with Crippen LogP contribution in [0.3, 0.4) is 0 Å². The van der Waals surface area contributed by atoms with Gasteiger partial charge in [-0.2, -0.15) is 4.31 Å². The van der Waals surface area contributed by atoms with Gasteiger partial charge in [-0.3, -0.25) is 0 Å². The predicted octanol–water partition coefficient (Wildman–Crippen LogP) is 2.07. The SMILES string of the molecule is CNc1cccnc1S(=O)(=O)N1[C@H](C)CCC[C@@H]1C. The molecule has 0 saturated carbocycles. The fraction of sp³-hybridized carbons (Fsp3) is 0.615. The Morgan fingerprint density at radius 3 is 2.53 bits per heavy atom. The molecule has 2 atom stereocenters. The molecule has 1 aliphatic rings. The van der Waals surface area contributed by atoms with Crippen molar-refractivity contribution >= 4 is 15.7 Å². The van der Waals surface area contributed by atoms with E-state index in [-0.39, 0.29) is 17.1 Å². The van der Waals surface area contributed by atoms with E-state index in [1.807, 2.05) is 13.8 Å². The van der Waals surface area contributed by atoms with Gasteiger partial charge in [0.25, 0.3) is 10.0 Å². The maximum atomic E-state index is 12.8. The molecule has 1 fully saturated rings. The maximum absolute atomic E-state index is 12.8. The second-order valence-electron chi connectivity index (χ2n) is 5.07. The zero-order valence-corrected chi connectivity index (χ0v) is 12.4. The van der Waals surface area contributed by atoms with Gasteiger partial charge in [-0.1, -0.05) is 6.42 Å². The van der Waals surface area contributed by atoms with E-state index in [9.17, 15) is 8.42 Å². The minimum absolute atomic E-state index is 0.0282. The molecule has 0 unspecified atom stereocenters. The molecular weight excluding hydrogens is 262 g/mol. The van der Waals surface area contributed by atoms with Crippen LogP contribution >= 0.6 is 0 Å². The van der Waals surface area contributed by atoms with Crippen molar-refractivity contribution in [3.05, 3.63) is 18.3 Å². The van der Waals surface area contributed by atoms with Crippen LogP contribution < -0.4 is 5.32 Å². The second kappa shape index (κ2) is 5.46. The smallest absolute Gasteiger partial charge is 0.263 e. The van der Waals surface area contributed by atoms with Crippen molar-refractivity contribution in [2.24, 2.45) is 0 Å². The molecule has 1 saturated heterocycles. The molecule has 2 rings (SSSR count). The Balaban J connectivity index is 2.46. The molecule has 0 bridgehead atoms. The number of hydrogen-bond acceptors (Lipinski definition) is 4. The quantitative estimate of drug-likeness (QED) is 0.922. The van der Waals surface area contributed by atoms with Crippen molar-refractivity contribution < 1.29 is 8.42 Å². The first-order chi connectivity index (χ1) is 8.98. The number of piperidine rings is 1. The molecule has 0 amide bonds. The molecule has 1 aliphatic heterocycles. The molecule has 2 heterocycles. The van der Waals surface area contributed by atoms with Crippen LogP contribution in [0.25, 0.3) is 0 Å². The van der Waals surface area contributed by atoms with Crippen molar-refractivity contribution in [3.63, 3.8) is 0 Å². The highest BCUT2D eigenvalue weighted by atomic mass is 32.2. The Bertz CT molecular complexity index is 535. The van der Waals surface area contributed by atoms with E-state index in [1.54, 1.807) is 23.5 Å². The Kier molecular flexibility index (Phi) is 4.10. The average Bonchev–Trinajstić information content (AvgIpc) is 2.38. The lowest BCUT2D eigenvalue weighted by Crippen LogP contribution is -2.47. The fourth-order valence-electron chi connectivity index (χ4n) is 2.76. The van der Waals surface area contributed by atoms with Crippen molar-refractivity contribution in [1.82, 2.24) is 9.29 Å². The molecule has 1 aromatic rings. The Hall–Kier alpha value is -1.14. The van der Waals surface area contributed by atoms with Gasteiger partial charge in [0.15, 0.2) is 5.03 Å². The number of sulfonamides is 1. The van der Waals surface area contributed by atoms with E-state index in [1.165, 1.54) is 6.20 Å². The molecular formula is C13H21N3O2S. The molecule has 0 aromatic carbocycles. The van der Waals surface area contributed by atoms with Crippen LogP contribution in [0.5, 0.6) is 0 Å². The zero-order valence-electron chi connectivity index (χ0n) is 11.6. The molecule has 6 heteroatoms. The van der Waals surface area contributed by atoms with Crippen molar-refractivity contribution in [2.75, 3.05) is 12.4 Å². The van der Waals surface area contributed by atoms with Gasteiger partial charge in [-0.15, -0.1) is 0 Å². The van der Waals surface area contributed by atoms with E-state index in [2.05, 4.69) is 10.3 Å². The molecule has 1 N–H and O–H groups in total. The summed E-state index contributed by atoms with van der Waals surface area (Å²) in [7, 11) is -1.84. The summed E-state index contributed by atoms with van der Waals surface area (Å²) < 4.78 is 27.2. The third kappa shape index (κ3) is 2.60. The third-order valence-electron chi connectivity index (χ3n) is 3.68. The van der Waals surface area contributed by atoms with Gasteiger partial charge in [0, 0.05) is 25.3 Å². The van der Waals surface area contributed by atoms with Crippen molar-refractivity contribution in [3.8, 4) is 0 Å². The Morgan fingerprint density at radius 2 is 1.95 bits per heavy atom. The van der Waals surface area contributed by atoms with Gasteiger partial charge < -0.3 is 5.32 Å². The highest BCUT2D eigenvalue weighted by molar-refractivity contribution is 7.89. The lowest BCUT2D eigenvalue weighted by atomic mass is 10.0. The molecule has 106 valence electrons. The molecule has 19 heavy (non-hydrogen) atoms. The third-order valence-corrected chi connectivity index (χ3v) is 5.76. The van der Waals surface area contributed by atoms with Gasteiger partial charge in [0.1, 0.15) is 0 Å². The second-order valence-corrected chi connectivity index (χ2v) is 6.83. The highest BCUT2D eigenvalue weighted by Gasteiger charge is 2.37. The number of anilines is 1. The number of nitrogens with zero attached hydrogens (tertiary/aromatic N) is 2. The molecule has 5 nitrogen and oxygen atoms in total. The predicted molar refractivity (Wildman–Crippen MR) is 75.6 cm³/mol. The van der Waals surface area contributed by atoms with Crippen molar-refractivity contribution in [1.29, 1.82) is 0 Å². The van der Waals surface area contributed by atoms with E-state index in [0.717, 1.165) is 19.3 Å². The lowest BCUT2D eigenvalue weighted by molar-refractivity contribution is 0.204. The summed E-state index contributed by atoms with van der Waals surface area (Å²) in [6.45, 7) is 3.93. The largest absolute Gasteiger partial charge is 0.386 e. The maximum Gasteiger partial charge on any atom is 0.263 e. The summed E-state index contributed by atoms with van der Waals surface area (Å²) in [5.74, 6) is 0. The summed E-state index contributed by atoms with van der Waals surface area (Å²) in [5.41, 5.74) is 0.549. The summed E-state index contributed by atoms with van der Waals surface area (Å²) >= 11 is 0.